The molecular weight excluding hydrogens is 1080 g/mol. The quantitative estimate of drug-likeness (QED) is 0.0288. The van der Waals surface area contributed by atoms with E-state index in [4.69, 9.17) is 28.4 Å². The molecule has 0 saturated carbocycles. The lowest BCUT2D eigenvalue weighted by Gasteiger charge is -2.26. The lowest BCUT2D eigenvalue weighted by atomic mass is 10.1. The number of aliphatic hydroxyl groups excluding tert-OH is 3. The van der Waals surface area contributed by atoms with Crippen molar-refractivity contribution < 1.29 is 75.7 Å². The molecular formula is C51H60F4N12O14. The molecule has 0 radical (unpaired) electrons. The normalized spacial score (nSPS) is 20.0. The van der Waals surface area contributed by atoms with E-state index in [1.54, 1.807) is 0 Å². The minimum Gasteiger partial charge on any atom is -0.449 e. The molecule has 2 fully saturated rings. The van der Waals surface area contributed by atoms with Crippen LogP contribution < -0.4 is 22.0 Å². The highest BCUT2D eigenvalue weighted by Crippen LogP contribution is 2.45. The summed E-state index contributed by atoms with van der Waals surface area (Å²) in [6.07, 6.45) is -8.15. The summed E-state index contributed by atoms with van der Waals surface area (Å²) in [4.78, 5) is 70.4. The fourth-order valence-electron chi connectivity index (χ4n) is 8.02. The first-order chi connectivity index (χ1) is 38.6. The molecule has 4 aromatic heterocycles. The van der Waals surface area contributed by atoms with Crippen molar-refractivity contribution in [3.8, 4) is 22.5 Å². The second kappa shape index (κ2) is 26.4. The van der Waals surface area contributed by atoms with Gasteiger partial charge in [-0.15, -0.1) is 10.2 Å². The maximum atomic E-state index is 15.8. The van der Waals surface area contributed by atoms with Crippen molar-refractivity contribution in [2.45, 2.75) is 128 Å². The number of halogens is 4. The molecule has 2 aliphatic rings. The van der Waals surface area contributed by atoms with Crippen molar-refractivity contribution in [2.75, 3.05) is 37.1 Å². The lowest BCUT2D eigenvalue weighted by molar-refractivity contribution is -0.149. The van der Waals surface area contributed by atoms with Gasteiger partial charge in [0.15, 0.2) is 17.7 Å². The summed E-state index contributed by atoms with van der Waals surface area (Å²) in [6.45, 7) is 7.40. The molecule has 8 rings (SSSR count). The van der Waals surface area contributed by atoms with Crippen molar-refractivity contribution in [1.82, 2.24) is 49.1 Å². The molecule has 0 bridgehead atoms. The van der Waals surface area contributed by atoms with Gasteiger partial charge in [-0.2, -0.15) is 27.5 Å². The minimum atomic E-state index is -4.04. The molecule has 2 aliphatic heterocycles. The number of alkyl halides is 4. The van der Waals surface area contributed by atoms with Gasteiger partial charge in [0.1, 0.15) is 29.2 Å². The number of amides is 2. The molecule has 0 spiro atoms. The predicted molar refractivity (Wildman–Crippen MR) is 275 cm³/mol. The van der Waals surface area contributed by atoms with E-state index >= 15 is 8.78 Å². The van der Waals surface area contributed by atoms with Crippen LogP contribution in [0.4, 0.5) is 43.6 Å². The van der Waals surface area contributed by atoms with Crippen LogP contribution in [0.3, 0.4) is 0 Å². The zero-order valence-corrected chi connectivity index (χ0v) is 44.4. The first kappa shape index (κ1) is 60.5. The molecule has 6 aromatic rings. The number of carbonyl (C=O) groups is 3. The van der Waals surface area contributed by atoms with Crippen molar-refractivity contribution >= 4 is 30.0 Å². The number of anilines is 2. The Morgan fingerprint density at radius 1 is 0.667 bits per heavy atom. The number of nitrogens with one attached hydrogen (secondary N) is 2. The molecule has 0 aliphatic carbocycles. The molecule has 5 N–H and O–H groups in total. The number of aromatic nitrogens is 10. The second-order valence-corrected chi connectivity index (χ2v) is 19.4. The van der Waals surface area contributed by atoms with Gasteiger partial charge in [-0.25, -0.2) is 33.3 Å². The summed E-state index contributed by atoms with van der Waals surface area (Å²) in [5, 5.41) is 49.9. The van der Waals surface area contributed by atoms with Crippen LogP contribution in [0, 0.1) is 0 Å². The summed E-state index contributed by atoms with van der Waals surface area (Å²) in [5.41, 5.74) is -1.56. The number of nitrogens with zero attached hydrogens (tertiary/aromatic N) is 10. The van der Waals surface area contributed by atoms with E-state index in [0.717, 1.165) is 36.4 Å². The monoisotopic (exact) mass is 1140 g/mol. The Balaban J connectivity index is 0.000000237. The molecule has 81 heavy (non-hydrogen) atoms. The fraction of sp³-hybridized carbons (Fsp3) is 0.471. The van der Waals surface area contributed by atoms with Crippen LogP contribution in [0.25, 0.3) is 22.5 Å². The highest BCUT2D eigenvalue weighted by Gasteiger charge is 2.63. The summed E-state index contributed by atoms with van der Waals surface area (Å²) in [7, 11) is 0. The van der Waals surface area contributed by atoms with Gasteiger partial charge < -0.3 is 43.7 Å². The standard InChI is InChI=1S/C28H34F2N6O8.C23H26F2N6O6/c1-5-6-12-41-25(39)32-22-18(19-15-35(34-33-19)13-17-10-8-7-9-11-17)14-36(24(38)31-22)23-28(29,30)21(20(16-37)42-23)43-26(40)44-27(2,3)4;1-2-3-9-36-22(35)27-19-15(16-12-30(29-28-16)10-14-7-5-4-6-8-14)11-31(21(34)26-19)20-23(24,25)18(33)17(13-32)37-20/h7-11,14-15,20-21,23,37H,5-6,12-13,16H2,1-4H3,(H,31,32,38,39);4-8,11-12,17-18,20,32-33H,2-3,9-10,13H2,1H3,(H,26,27,34,35)/t20?,21?,23-;17?,18?,20-/m11/s1. The van der Waals surface area contributed by atoms with Crippen LogP contribution in [-0.2, 0) is 41.5 Å². The van der Waals surface area contributed by atoms with Crippen molar-refractivity contribution in [2.24, 2.45) is 0 Å². The van der Waals surface area contributed by atoms with Crippen LogP contribution in [0.1, 0.15) is 83.9 Å². The Morgan fingerprint density at radius 3 is 1.51 bits per heavy atom. The topological polar surface area (TPSA) is 323 Å². The van der Waals surface area contributed by atoms with Crippen LogP contribution in [0.2, 0.25) is 0 Å². The number of aliphatic hydroxyl groups is 3. The van der Waals surface area contributed by atoms with E-state index in [0.29, 0.717) is 35.1 Å². The zero-order valence-electron chi connectivity index (χ0n) is 44.4. The maximum absolute atomic E-state index is 15.8. The predicted octanol–water partition coefficient (Wildman–Crippen LogP) is 5.53. The summed E-state index contributed by atoms with van der Waals surface area (Å²) >= 11 is 0. The molecule has 30 heteroatoms. The van der Waals surface area contributed by atoms with E-state index in [9.17, 15) is 48.1 Å². The molecule has 2 amide bonds. The molecule has 6 atom stereocenters. The number of rotatable bonds is 19. The van der Waals surface area contributed by atoms with Gasteiger partial charge in [0, 0.05) is 12.4 Å². The Kier molecular flexibility index (Phi) is 19.7. The Labute approximate surface area is 458 Å². The molecule has 26 nitrogen and oxygen atoms in total. The Morgan fingerprint density at radius 2 is 1.10 bits per heavy atom. The maximum Gasteiger partial charge on any atom is 0.509 e. The van der Waals surface area contributed by atoms with Crippen LogP contribution in [0.15, 0.2) is 95.0 Å². The van der Waals surface area contributed by atoms with Gasteiger partial charge in [-0.3, -0.25) is 19.8 Å². The minimum absolute atomic E-state index is 0.0207. The average Bonchev–Trinajstić information content (AvgIpc) is 4.42. The number of ether oxygens (including phenoxy) is 6. The summed E-state index contributed by atoms with van der Waals surface area (Å²) in [6, 6.07) is 18.6. The number of unbranched alkanes of at least 4 members (excludes halogenated alkanes) is 2. The van der Waals surface area contributed by atoms with Crippen LogP contribution in [0.5, 0.6) is 0 Å². The van der Waals surface area contributed by atoms with Crippen molar-refractivity contribution in [1.29, 1.82) is 0 Å². The Bertz CT molecular complexity index is 3210. The van der Waals surface area contributed by atoms with E-state index in [1.807, 2.05) is 74.5 Å². The summed E-state index contributed by atoms with van der Waals surface area (Å²) < 4.78 is 95.4. The van der Waals surface area contributed by atoms with Gasteiger partial charge in [-0.1, -0.05) is 97.8 Å². The lowest BCUT2D eigenvalue weighted by Crippen LogP contribution is -2.45. The summed E-state index contributed by atoms with van der Waals surface area (Å²) in [5.74, 6) is -8.56. The van der Waals surface area contributed by atoms with E-state index in [2.05, 4.69) is 41.2 Å². The first-order valence-electron chi connectivity index (χ1n) is 25.4. The zero-order chi connectivity index (χ0) is 58.6. The number of hydrogen-bond acceptors (Lipinski definition) is 20. The fourth-order valence-corrected chi connectivity index (χ4v) is 8.02. The third-order valence-electron chi connectivity index (χ3n) is 12.0. The van der Waals surface area contributed by atoms with Gasteiger partial charge in [0.2, 0.25) is 18.6 Å². The van der Waals surface area contributed by atoms with Crippen LogP contribution in [-0.4, -0.2) is 151 Å². The van der Waals surface area contributed by atoms with E-state index in [1.165, 1.54) is 42.5 Å². The molecule has 6 heterocycles. The Hall–Kier alpha value is -8.19. The van der Waals surface area contributed by atoms with Gasteiger partial charge >= 0.3 is 41.6 Å². The number of benzene rings is 2. The number of hydrogen-bond donors (Lipinski definition) is 5. The molecule has 4 unspecified atom stereocenters. The van der Waals surface area contributed by atoms with Gasteiger partial charge in [0.05, 0.1) is 63.0 Å². The van der Waals surface area contributed by atoms with Gasteiger partial charge in [-0.05, 0) is 44.7 Å². The smallest absolute Gasteiger partial charge is 0.449 e. The SMILES string of the molecule is CCCCOC(=O)Nc1nc(=O)n([C@@H]2OC(CO)C(O)C2(F)F)cc1-c1cn(Cc2ccccc2)nn1.CCCCOC(=O)Nc1nc(=O)n([C@@H]2OC(CO)C(OC(=O)OC(C)(C)C)C2(F)F)cc1-c1cn(Cc2ccccc2)nn1. The van der Waals surface area contributed by atoms with E-state index < -0.39 is 97.3 Å². The third kappa shape index (κ3) is 15.0. The third-order valence-corrected chi connectivity index (χ3v) is 12.0. The second-order valence-electron chi connectivity index (χ2n) is 19.4. The molecule has 2 aromatic carbocycles. The van der Waals surface area contributed by atoms with Crippen molar-refractivity contribution in [3.63, 3.8) is 0 Å². The van der Waals surface area contributed by atoms with Gasteiger partial charge in [0.25, 0.3) is 0 Å². The largest absolute Gasteiger partial charge is 0.509 e. The molecule has 436 valence electrons. The number of carbonyl (C=O) groups excluding carboxylic acids is 3. The van der Waals surface area contributed by atoms with Crippen molar-refractivity contribution in [3.05, 3.63) is 118 Å². The average molecular weight is 1140 g/mol. The first-order valence-corrected chi connectivity index (χ1v) is 25.4. The van der Waals surface area contributed by atoms with E-state index in [-0.39, 0.29) is 47.4 Å². The highest BCUT2D eigenvalue weighted by atomic mass is 19.3. The molecule has 2 saturated heterocycles. The highest BCUT2D eigenvalue weighted by molar-refractivity contribution is 5.89. The van der Waals surface area contributed by atoms with Crippen LogP contribution >= 0.6 is 0 Å².